The van der Waals surface area contributed by atoms with Crippen LogP contribution in [0.2, 0.25) is 0 Å². The molecule has 0 aromatic rings. The van der Waals surface area contributed by atoms with Gasteiger partial charge in [-0.25, -0.2) is 0 Å². The zero-order chi connectivity index (χ0) is 14.3. The van der Waals surface area contributed by atoms with Gasteiger partial charge in [-0.15, -0.1) is 0 Å². The van der Waals surface area contributed by atoms with Gasteiger partial charge in [0, 0.05) is 31.2 Å². The first kappa shape index (κ1) is 14.8. The van der Waals surface area contributed by atoms with E-state index < -0.39 is 0 Å². The van der Waals surface area contributed by atoms with E-state index in [4.69, 9.17) is 0 Å². The predicted molar refractivity (Wildman–Crippen MR) is 85.8 cm³/mol. The summed E-state index contributed by atoms with van der Waals surface area (Å²) in [6, 6.07) is 2.41. The maximum Gasteiger partial charge on any atom is 0.0247 e. The molecule has 2 nitrogen and oxygen atoms in total. The fourth-order valence-electron chi connectivity index (χ4n) is 4.25. The van der Waals surface area contributed by atoms with Crippen molar-refractivity contribution in [2.24, 2.45) is 23.7 Å². The Hall–Kier alpha value is -0.0800. The van der Waals surface area contributed by atoms with Gasteiger partial charge >= 0.3 is 0 Å². The summed E-state index contributed by atoms with van der Waals surface area (Å²) in [5, 5.41) is 3.86. The Bertz CT molecular complexity index is 307. The summed E-state index contributed by atoms with van der Waals surface area (Å²) in [6.45, 7) is 12.1. The third kappa shape index (κ3) is 3.06. The first-order valence-electron chi connectivity index (χ1n) is 9.11. The Morgan fingerprint density at radius 2 is 1.65 bits per heavy atom. The van der Waals surface area contributed by atoms with Crippen molar-refractivity contribution in [2.45, 2.75) is 77.9 Å². The van der Waals surface area contributed by atoms with Crippen molar-refractivity contribution < 1.29 is 0 Å². The van der Waals surface area contributed by atoms with Crippen LogP contribution in [0.3, 0.4) is 0 Å². The lowest BCUT2D eigenvalue weighted by atomic mass is 9.89. The van der Waals surface area contributed by atoms with Gasteiger partial charge in [-0.3, -0.25) is 4.90 Å². The van der Waals surface area contributed by atoms with E-state index in [1.807, 2.05) is 0 Å². The van der Waals surface area contributed by atoms with Gasteiger partial charge < -0.3 is 5.32 Å². The second-order valence-electron chi connectivity index (χ2n) is 8.07. The van der Waals surface area contributed by atoms with Gasteiger partial charge in [0.05, 0.1) is 0 Å². The molecule has 2 aliphatic carbocycles. The van der Waals surface area contributed by atoms with Crippen LogP contribution in [-0.4, -0.2) is 36.1 Å². The van der Waals surface area contributed by atoms with Crippen molar-refractivity contribution in [3.63, 3.8) is 0 Å². The molecule has 0 bridgehead atoms. The predicted octanol–water partition coefficient (Wildman–Crippen LogP) is 3.52. The third-order valence-corrected chi connectivity index (χ3v) is 6.12. The molecule has 1 heterocycles. The van der Waals surface area contributed by atoms with Crippen LogP contribution in [0.1, 0.15) is 59.8 Å². The molecule has 3 unspecified atom stereocenters. The summed E-state index contributed by atoms with van der Waals surface area (Å²) in [4.78, 5) is 2.97. The average molecular weight is 278 g/mol. The lowest BCUT2D eigenvalue weighted by Gasteiger charge is -2.48. The quantitative estimate of drug-likeness (QED) is 0.800. The molecule has 3 rings (SSSR count). The molecule has 0 amide bonds. The smallest absolute Gasteiger partial charge is 0.0247 e. The van der Waals surface area contributed by atoms with E-state index in [0.29, 0.717) is 0 Å². The van der Waals surface area contributed by atoms with E-state index in [9.17, 15) is 0 Å². The summed E-state index contributed by atoms with van der Waals surface area (Å²) < 4.78 is 0. The molecule has 0 aromatic heterocycles. The van der Waals surface area contributed by atoms with Gasteiger partial charge in [-0.05, 0) is 49.4 Å². The van der Waals surface area contributed by atoms with Gasteiger partial charge in [0.15, 0.2) is 0 Å². The van der Waals surface area contributed by atoms with Gasteiger partial charge in [-0.1, -0.05) is 34.1 Å². The maximum atomic E-state index is 3.86. The summed E-state index contributed by atoms with van der Waals surface area (Å²) in [5.41, 5.74) is 0. The van der Waals surface area contributed by atoms with E-state index in [-0.39, 0.29) is 0 Å². The number of piperazine rings is 1. The Morgan fingerprint density at radius 1 is 1.05 bits per heavy atom. The van der Waals surface area contributed by atoms with Gasteiger partial charge in [0.25, 0.3) is 0 Å². The molecular formula is C18H34N2. The van der Waals surface area contributed by atoms with E-state index >= 15 is 0 Å². The number of rotatable bonds is 6. The highest BCUT2D eigenvalue weighted by Gasteiger charge is 2.48. The highest BCUT2D eigenvalue weighted by Crippen LogP contribution is 2.48. The van der Waals surface area contributed by atoms with E-state index in [1.165, 1.54) is 45.2 Å². The van der Waals surface area contributed by atoms with Gasteiger partial charge in [-0.2, -0.15) is 0 Å². The minimum absolute atomic E-state index is 0.718. The van der Waals surface area contributed by atoms with Crippen LogP contribution >= 0.6 is 0 Å². The van der Waals surface area contributed by atoms with Crippen LogP contribution in [-0.2, 0) is 0 Å². The second-order valence-corrected chi connectivity index (χ2v) is 8.07. The first-order valence-corrected chi connectivity index (χ1v) is 9.11. The molecule has 0 radical (unpaired) electrons. The van der Waals surface area contributed by atoms with Crippen molar-refractivity contribution in [2.75, 3.05) is 13.1 Å². The zero-order valence-corrected chi connectivity index (χ0v) is 13.9. The Morgan fingerprint density at radius 3 is 2.10 bits per heavy atom. The van der Waals surface area contributed by atoms with Crippen molar-refractivity contribution >= 4 is 0 Å². The number of hydrogen-bond donors (Lipinski definition) is 1. The molecule has 3 aliphatic rings. The van der Waals surface area contributed by atoms with Crippen molar-refractivity contribution in [3.8, 4) is 0 Å². The van der Waals surface area contributed by atoms with E-state index in [2.05, 4.69) is 37.9 Å². The van der Waals surface area contributed by atoms with Crippen LogP contribution in [0.4, 0.5) is 0 Å². The molecule has 2 heteroatoms. The largest absolute Gasteiger partial charge is 0.311 e. The fourth-order valence-corrected chi connectivity index (χ4v) is 4.25. The molecule has 2 saturated carbocycles. The van der Waals surface area contributed by atoms with Crippen LogP contribution in [0.15, 0.2) is 0 Å². The number of hydrogen-bond acceptors (Lipinski definition) is 2. The minimum atomic E-state index is 0.718. The Kier molecular flexibility index (Phi) is 4.42. The lowest BCUT2D eigenvalue weighted by Crippen LogP contribution is -2.63. The van der Waals surface area contributed by atoms with E-state index in [0.717, 1.165) is 41.8 Å². The summed E-state index contributed by atoms with van der Waals surface area (Å²) >= 11 is 0. The highest BCUT2D eigenvalue weighted by atomic mass is 15.3. The average Bonchev–Trinajstić information content (AvgIpc) is 3.31. The lowest BCUT2D eigenvalue weighted by molar-refractivity contribution is 0.0255. The topological polar surface area (TPSA) is 15.3 Å². The molecule has 20 heavy (non-hydrogen) atoms. The molecule has 1 saturated heterocycles. The minimum Gasteiger partial charge on any atom is -0.311 e. The van der Waals surface area contributed by atoms with Crippen molar-refractivity contribution in [1.29, 1.82) is 0 Å². The van der Waals surface area contributed by atoms with Crippen molar-refractivity contribution in [3.05, 3.63) is 0 Å². The Balaban J connectivity index is 1.74. The summed E-state index contributed by atoms with van der Waals surface area (Å²) in [6.07, 6.45) is 7.32. The molecule has 1 N–H and O–H groups in total. The fraction of sp³-hybridized carbons (Fsp3) is 1.00. The monoisotopic (exact) mass is 278 g/mol. The maximum absolute atomic E-state index is 3.86. The van der Waals surface area contributed by atoms with Crippen LogP contribution < -0.4 is 5.32 Å². The first-order chi connectivity index (χ1) is 9.61. The summed E-state index contributed by atoms with van der Waals surface area (Å²) in [5.74, 6) is 3.67. The van der Waals surface area contributed by atoms with Crippen LogP contribution in [0.25, 0.3) is 0 Å². The Labute approximate surface area is 125 Å². The normalized spacial score (nSPS) is 33.9. The van der Waals surface area contributed by atoms with Gasteiger partial charge in [0.2, 0.25) is 0 Å². The molecule has 116 valence electrons. The van der Waals surface area contributed by atoms with Crippen molar-refractivity contribution in [1.82, 2.24) is 10.2 Å². The third-order valence-electron chi connectivity index (χ3n) is 6.12. The zero-order valence-electron chi connectivity index (χ0n) is 13.9. The van der Waals surface area contributed by atoms with Crippen LogP contribution in [0.5, 0.6) is 0 Å². The number of nitrogens with zero attached hydrogens (tertiary/aromatic N) is 1. The molecule has 0 spiro atoms. The number of nitrogens with one attached hydrogen (secondary N) is 1. The molecule has 0 aromatic carbocycles. The summed E-state index contributed by atoms with van der Waals surface area (Å²) in [7, 11) is 0. The van der Waals surface area contributed by atoms with E-state index in [1.54, 1.807) is 0 Å². The highest BCUT2D eigenvalue weighted by molar-refractivity contribution is 5.02. The SMILES string of the molecule is CCC(C)C1CN(C(C2CC2)C2CC2)C(C(C)C)CN1. The standard InChI is InChI=1S/C18H34N2/c1-5-13(4)16-11-20(17(10-19-16)12(2)3)18(14-6-7-14)15-8-9-15/h12-19H,5-11H2,1-4H3. The molecule has 3 atom stereocenters. The molecular weight excluding hydrogens is 244 g/mol. The molecule has 3 fully saturated rings. The second kappa shape index (κ2) is 5.96. The van der Waals surface area contributed by atoms with Crippen LogP contribution in [0, 0.1) is 23.7 Å². The van der Waals surface area contributed by atoms with Gasteiger partial charge in [0.1, 0.15) is 0 Å². The molecule has 1 aliphatic heterocycles.